The monoisotopic (exact) mass is 345 g/mol. The van der Waals surface area contributed by atoms with E-state index in [4.69, 9.17) is 0 Å². The van der Waals surface area contributed by atoms with Gasteiger partial charge >= 0.3 is 0 Å². The van der Waals surface area contributed by atoms with Gasteiger partial charge in [-0.2, -0.15) is 0 Å². The van der Waals surface area contributed by atoms with Crippen LogP contribution in [0.1, 0.15) is 50.6 Å². The minimum Gasteiger partial charge on any atom is -0.313 e. The predicted octanol–water partition coefficient (Wildman–Crippen LogP) is 5.20. The molecule has 0 amide bonds. The lowest BCUT2D eigenvalue weighted by atomic mass is 9.75. The fourth-order valence-electron chi connectivity index (χ4n) is 3.43. The standard InChI is InChI=1S/C16H22BrF2N/c1-3-10-5-4-6-11(9-10)16(20-2)12-7-8-13(18)15(19)14(12)17/h7-8,10-11,16,20H,3-6,9H2,1-2H3. The third-order valence-corrected chi connectivity index (χ3v) is 5.39. The van der Waals surface area contributed by atoms with E-state index in [1.54, 1.807) is 6.07 Å². The zero-order valence-corrected chi connectivity index (χ0v) is 13.6. The Bertz CT molecular complexity index is 464. The molecule has 3 unspecified atom stereocenters. The van der Waals surface area contributed by atoms with Crippen molar-refractivity contribution in [3.63, 3.8) is 0 Å². The fourth-order valence-corrected chi connectivity index (χ4v) is 4.00. The first-order valence-electron chi connectivity index (χ1n) is 7.39. The van der Waals surface area contributed by atoms with E-state index in [1.807, 2.05) is 7.05 Å². The van der Waals surface area contributed by atoms with E-state index < -0.39 is 11.6 Å². The summed E-state index contributed by atoms with van der Waals surface area (Å²) in [6.45, 7) is 2.23. The second-order valence-electron chi connectivity index (χ2n) is 5.73. The maximum absolute atomic E-state index is 13.7. The van der Waals surface area contributed by atoms with Crippen molar-refractivity contribution in [2.45, 2.75) is 45.1 Å². The molecule has 1 aliphatic rings. The van der Waals surface area contributed by atoms with Gasteiger partial charge in [0.1, 0.15) is 0 Å². The van der Waals surface area contributed by atoms with Crippen LogP contribution in [0.5, 0.6) is 0 Å². The minimum atomic E-state index is -0.800. The molecule has 1 aromatic carbocycles. The molecular weight excluding hydrogens is 324 g/mol. The van der Waals surface area contributed by atoms with Crippen LogP contribution >= 0.6 is 15.9 Å². The Kier molecular flexibility index (Phi) is 5.56. The topological polar surface area (TPSA) is 12.0 Å². The summed E-state index contributed by atoms with van der Waals surface area (Å²) in [5.74, 6) is -0.343. The summed E-state index contributed by atoms with van der Waals surface area (Å²) in [6, 6.07) is 2.99. The van der Waals surface area contributed by atoms with E-state index >= 15 is 0 Å². The lowest BCUT2D eigenvalue weighted by Gasteiger charge is -2.35. The highest BCUT2D eigenvalue weighted by Crippen LogP contribution is 2.40. The molecule has 1 fully saturated rings. The van der Waals surface area contributed by atoms with E-state index in [1.165, 1.54) is 25.3 Å². The third-order valence-electron chi connectivity index (χ3n) is 4.58. The van der Waals surface area contributed by atoms with Gasteiger partial charge in [0.05, 0.1) is 4.47 Å². The van der Waals surface area contributed by atoms with E-state index in [0.717, 1.165) is 24.3 Å². The normalized spacial score (nSPS) is 24.6. The molecule has 0 bridgehead atoms. The lowest BCUT2D eigenvalue weighted by molar-refractivity contribution is 0.214. The summed E-state index contributed by atoms with van der Waals surface area (Å²) in [4.78, 5) is 0. The molecule has 1 saturated carbocycles. The highest BCUT2D eigenvalue weighted by atomic mass is 79.9. The van der Waals surface area contributed by atoms with Gasteiger partial charge in [0.15, 0.2) is 11.6 Å². The molecule has 0 spiro atoms. The van der Waals surface area contributed by atoms with Crippen LogP contribution < -0.4 is 5.32 Å². The summed E-state index contributed by atoms with van der Waals surface area (Å²) in [7, 11) is 1.90. The summed E-state index contributed by atoms with van der Waals surface area (Å²) < 4.78 is 27.3. The van der Waals surface area contributed by atoms with Gasteiger partial charge in [-0.3, -0.25) is 0 Å². The van der Waals surface area contributed by atoms with Gasteiger partial charge < -0.3 is 5.32 Å². The summed E-state index contributed by atoms with van der Waals surface area (Å²) in [5.41, 5.74) is 0.827. The van der Waals surface area contributed by atoms with Crippen LogP contribution in [0, 0.1) is 23.5 Å². The molecule has 0 aliphatic heterocycles. The molecule has 1 nitrogen and oxygen atoms in total. The highest BCUT2D eigenvalue weighted by Gasteiger charge is 2.30. The van der Waals surface area contributed by atoms with E-state index in [-0.39, 0.29) is 10.5 Å². The second kappa shape index (κ2) is 6.99. The molecule has 1 aliphatic carbocycles. The molecule has 1 aromatic rings. The maximum atomic E-state index is 13.7. The van der Waals surface area contributed by atoms with Crippen molar-refractivity contribution in [1.29, 1.82) is 0 Å². The Hall–Kier alpha value is -0.480. The van der Waals surface area contributed by atoms with E-state index in [2.05, 4.69) is 28.2 Å². The molecule has 0 aromatic heterocycles. The zero-order valence-electron chi connectivity index (χ0n) is 12.1. The van der Waals surface area contributed by atoms with Crippen LogP contribution in [-0.4, -0.2) is 7.05 Å². The summed E-state index contributed by atoms with van der Waals surface area (Å²) >= 11 is 3.22. The first-order chi connectivity index (χ1) is 9.58. The molecule has 3 atom stereocenters. The van der Waals surface area contributed by atoms with Crippen LogP contribution in [0.2, 0.25) is 0 Å². The van der Waals surface area contributed by atoms with E-state index in [9.17, 15) is 8.78 Å². The Balaban J connectivity index is 2.26. The van der Waals surface area contributed by atoms with Crippen LogP contribution in [0.15, 0.2) is 16.6 Å². The van der Waals surface area contributed by atoms with Crippen molar-refractivity contribution in [2.75, 3.05) is 7.05 Å². The molecule has 112 valence electrons. The van der Waals surface area contributed by atoms with Gasteiger partial charge in [-0.05, 0) is 59.3 Å². The number of hydrogen-bond acceptors (Lipinski definition) is 1. The minimum absolute atomic E-state index is 0.0776. The maximum Gasteiger partial charge on any atom is 0.173 e. The Morgan fingerprint density at radius 3 is 2.75 bits per heavy atom. The number of rotatable bonds is 4. The molecule has 0 saturated heterocycles. The highest BCUT2D eigenvalue weighted by molar-refractivity contribution is 9.10. The van der Waals surface area contributed by atoms with Crippen molar-refractivity contribution in [2.24, 2.45) is 11.8 Å². The van der Waals surface area contributed by atoms with Gasteiger partial charge in [-0.1, -0.05) is 32.3 Å². The number of halogens is 3. The van der Waals surface area contributed by atoms with Gasteiger partial charge in [0, 0.05) is 6.04 Å². The molecule has 1 N–H and O–H groups in total. The number of nitrogens with one attached hydrogen (secondary N) is 1. The fraction of sp³-hybridized carbons (Fsp3) is 0.625. The quantitative estimate of drug-likeness (QED) is 0.739. The second-order valence-corrected chi connectivity index (χ2v) is 6.52. The van der Waals surface area contributed by atoms with Gasteiger partial charge in [0.25, 0.3) is 0 Å². The van der Waals surface area contributed by atoms with Crippen LogP contribution in [0.25, 0.3) is 0 Å². The predicted molar refractivity (Wildman–Crippen MR) is 81.6 cm³/mol. The third kappa shape index (κ3) is 3.22. The number of hydrogen-bond donors (Lipinski definition) is 1. The molecule has 0 heterocycles. The van der Waals surface area contributed by atoms with Crippen molar-refractivity contribution < 1.29 is 8.78 Å². The van der Waals surface area contributed by atoms with Crippen LogP contribution in [0.3, 0.4) is 0 Å². The van der Waals surface area contributed by atoms with E-state index in [0.29, 0.717) is 5.92 Å². The lowest BCUT2D eigenvalue weighted by Crippen LogP contribution is -2.30. The van der Waals surface area contributed by atoms with Crippen molar-refractivity contribution in [1.82, 2.24) is 5.32 Å². The van der Waals surface area contributed by atoms with Crippen LogP contribution in [-0.2, 0) is 0 Å². The molecule has 2 rings (SSSR count). The average Bonchev–Trinajstić information content (AvgIpc) is 2.48. The van der Waals surface area contributed by atoms with Gasteiger partial charge in [-0.15, -0.1) is 0 Å². The molecule has 4 heteroatoms. The Morgan fingerprint density at radius 2 is 2.10 bits per heavy atom. The van der Waals surface area contributed by atoms with Crippen molar-refractivity contribution in [3.05, 3.63) is 33.8 Å². The first kappa shape index (κ1) is 15.9. The molecule has 0 radical (unpaired) electrons. The summed E-state index contributed by atoms with van der Waals surface area (Å²) in [5, 5.41) is 3.30. The Morgan fingerprint density at radius 1 is 1.35 bits per heavy atom. The summed E-state index contributed by atoms with van der Waals surface area (Å²) in [6.07, 6.45) is 6.03. The molecule has 20 heavy (non-hydrogen) atoms. The zero-order chi connectivity index (χ0) is 14.7. The Labute approximate surface area is 128 Å². The van der Waals surface area contributed by atoms with Crippen LogP contribution in [0.4, 0.5) is 8.78 Å². The first-order valence-corrected chi connectivity index (χ1v) is 8.18. The smallest absolute Gasteiger partial charge is 0.173 e. The molecular formula is C16H22BrF2N. The van der Waals surface area contributed by atoms with Gasteiger partial charge in [-0.25, -0.2) is 8.78 Å². The van der Waals surface area contributed by atoms with Gasteiger partial charge in [0.2, 0.25) is 0 Å². The van der Waals surface area contributed by atoms with Crippen molar-refractivity contribution >= 4 is 15.9 Å². The largest absolute Gasteiger partial charge is 0.313 e. The SMILES string of the molecule is CCC1CCCC(C(NC)c2ccc(F)c(F)c2Br)C1. The average molecular weight is 346 g/mol. The number of benzene rings is 1. The van der Waals surface area contributed by atoms with Crippen molar-refractivity contribution in [3.8, 4) is 0 Å².